The van der Waals surface area contributed by atoms with Crippen molar-refractivity contribution in [3.63, 3.8) is 0 Å². The van der Waals surface area contributed by atoms with E-state index in [-0.39, 0.29) is 16.7 Å². The maximum absolute atomic E-state index is 13.2. The van der Waals surface area contributed by atoms with Crippen LogP contribution >= 0.6 is 11.6 Å². The van der Waals surface area contributed by atoms with Gasteiger partial charge in [-0.3, -0.25) is 4.79 Å². The molecule has 1 fully saturated rings. The normalized spacial score (nSPS) is 16.6. The Kier molecular flexibility index (Phi) is 4.83. The van der Waals surface area contributed by atoms with Crippen molar-refractivity contribution in [2.24, 2.45) is 0 Å². The third-order valence-electron chi connectivity index (χ3n) is 4.36. The molecule has 0 radical (unpaired) electrons. The number of halogens is 3. The largest absolute Gasteiger partial charge is 0.381 e. The van der Waals surface area contributed by atoms with Crippen molar-refractivity contribution in [2.45, 2.75) is 18.3 Å². The van der Waals surface area contributed by atoms with Crippen LogP contribution in [0.1, 0.15) is 18.4 Å². The Morgan fingerprint density at radius 3 is 2.29 bits per heavy atom. The smallest absolute Gasteiger partial charge is 0.235 e. The molecule has 6 heteroatoms. The monoisotopic (exact) mass is 351 g/mol. The number of anilines is 1. The van der Waals surface area contributed by atoms with Gasteiger partial charge in [0.05, 0.1) is 16.1 Å². The summed E-state index contributed by atoms with van der Waals surface area (Å²) >= 11 is 6.00. The quantitative estimate of drug-likeness (QED) is 0.895. The minimum atomic E-state index is -0.830. The summed E-state index contributed by atoms with van der Waals surface area (Å²) in [4.78, 5) is 13.0. The van der Waals surface area contributed by atoms with Crippen molar-refractivity contribution in [1.29, 1.82) is 0 Å². The van der Waals surface area contributed by atoms with E-state index < -0.39 is 11.2 Å². The van der Waals surface area contributed by atoms with Crippen molar-refractivity contribution >= 4 is 23.2 Å². The molecule has 0 aliphatic carbocycles. The van der Waals surface area contributed by atoms with E-state index >= 15 is 0 Å². The van der Waals surface area contributed by atoms with E-state index in [0.717, 1.165) is 11.6 Å². The van der Waals surface area contributed by atoms with Gasteiger partial charge in [0.2, 0.25) is 5.91 Å². The number of rotatable bonds is 3. The Balaban J connectivity index is 1.93. The van der Waals surface area contributed by atoms with Crippen molar-refractivity contribution in [3.05, 3.63) is 64.7 Å². The Bertz CT molecular complexity index is 743. The molecule has 0 saturated carbocycles. The van der Waals surface area contributed by atoms with Crippen molar-refractivity contribution in [1.82, 2.24) is 0 Å². The van der Waals surface area contributed by atoms with E-state index in [4.69, 9.17) is 16.3 Å². The predicted molar refractivity (Wildman–Crippen MR) is 88.2 cm³/mol. The second-order valence-corrected chi connectivity index (χ2v) is 6.19. The minimum absolute atomic E-state index is 0.129. The predicted octanol–water partition coefficient (Wildman–Crippen LogP) is 4.31. The molecule has 0 bridgehead atoms. The first kappa shape index (κ1) is 16.9. The van der Waals surface area contributed by atoms with Crippen LogP contribution in [0.15, 0.2) is 42.5 Å². The average Bonchev–Trinajstić information content (AvgIpc) is 2.58. The van der Waals surface area contributed by atoms with E-state index in [2.05, 4.69) is 5.32 Å². The molecule has 2 aromatic carbocycles. The van der Waals surface area contributed by atoms with Gasteiger partial charge in [-0.15, -0.1) is 0 Å². The summed E-state index contributed by atoms with van der Waals surface area (Å²) in [6.07, 6.45) is 0.951. The van der Waals surface area contributed by atoms with Gasteiger partial charge in [0.1, 0.15) is 11.6 Å². The average molecular weight is 352 g/mol. The molecule has 1 aliphatic heterocycles. The SMILES string of the molecule is O=C(Nc1ccc(F)cc1Cl)C1(c2ccc(F)cc2)CCOCC1. The van der Waals surface area contributed by atoms with Gasteiger partial charge in [-0.25, -0.2) is 8.78 Å². The lowest BCUT2D eigenvalue weighted by Gasteiger charge is -2.36. The summed E-state index contributed by atoms with van der Waals surface area (Å²) in [7, 11) is 0. The first-order valence-corrected chi connectivity index (χ1v) is 7.99. The summed E-state index contributed by atoms with van der Waals surface area (Å²) in [6.45, 7) is 0.865. The zero-order chi connectivity index (χ0) is 17.2. The van der Waals surface area contributed by atoms with Crippen LogP contribution in [0.5, 0.6) is 0 Å². The number of benzene rings is 2. The molecule has 2 aromatic rings. The maximum Gasteiger partial charge on any atom is 0.235 e. The summed E-state index contributed by atoms with van der Waals surface area (Å²) in [5, 5.41) is 2.90. The maximum atomic E-state index is 13.2. The van der Waals surface area contributed by atoms with Crippen molar-refractivity contribution in [2.75, 3.05) is 18.5 Å². The molecule has 1 heterocycles. The lowest BCUT2D eigenvalue weighted by atomic mass is 9.73. The summed E-state index contributed by atoms with van der Waals surface area (Å²) < 4.78 is 31.8. The standard InChI is InChI=1S/C18H16ClF2NO2/c19-15-11-14(21)5-6-16(15)22-17(23)18(7-9-24-10-8-18)12-1-3-13(20)4-2-12/h1-6,11H,7-10H2,(H,22,23). The van der Waals surface area contributed by atoms with E-state index in [1.807, 2.05) is 0 Å². The number of amides is 1. The Morgan fingerprint density at radius 1 is 1.04 bits per heavy atom. The van der Waals surface area contributed by atoms with Gasteiger partial charge in [-0.05, 0) is 48.7 Å². The molecular formula is C18H16ClF2NO2. The first-order valence-electron chi connectivity index (χ1n) is 7.61. The van der Waals surface area contributed by atoms with Gasteiger partial charge in [0.25, 0.3) is 0 Å². The third kappa shape index (κ3) is 3.28. The molecule has 0 aromatic heterocycles. The number of nitrogens with one attached hydrogen (secondary N) is 1. The number of hydrogen-bond donors (Lipinski definition) is 1. The molecule has 1 N–H and O–H groups in total. The van der Waals surface area contributed by atoms with Crippen LogP contribution in [0.25, 0.3) is 0 Å². The zero-order valence-corrected chi connectivity index (χ0v) is 13.6. The lowest BCUT2D eigenvalue weighted by Crippen LogP contribution is -2.44. The second-order valence-electron chi connectivity index (χ2n) is 5.78. The number of carbonyl (C=O) groups excluding carboxylic acids is 1. The van der Waals surface area contributed by atoms with E-state index in [1.54, 1.807) is 12.1 Å². The van der Waals surface area contributed by atoms with Crippen LogP contribution in [0, 0.1) is 11.6 Å². The zero-order valence-electron chi connectivity index (χ0n) is 12.8. The van der Waals surface area contributed by atoms with Crippen LogP contribution in [0.4, 0.5) is 14.5 Å². The fourth-order valence-electron chi connectivity index (χ4n) is 2.97. The molecule has 0 unspecified atom stereocenters. The molecule has 126 valence electrons. The molecular weight excluding hydrogens is 336 g/mol. The van der Waals surface area contributed by atoms with E-state index in [1.165, 1.54) is 24.3 Å². The fraction of sp³-hybridized carbons (Fsp3) is 0.278. The molecule has 0 spiro atoms. The highest BCUT2D eigenvalue weighted by Crippen LogP contribution is 2.37. The Morgan fingerprint density at radius 2 is 1.67 bits per heavy atom. The highest BCUT2D eigenvalue weighted by atomic mass is 35.5. The highest BCUT2D eigenvalue weighted by Gasteiger charge is 2.41. The van der Waals surface area contributed by atoms with E-state index in [9.17, 15) is 13.6 Å². The first-order chi connectivity index (χ1) is 11.5. The Hall–Kier alpha value is -1.98. The molecule has 24 heavy (non-hydrogen) atoms. The summed E-state index contributed by atoms with van der Waals surface area (Å²) in [5.41, 5.74) is 0.239. The van der Waals surface area contributed by atoms with Crippen molar-refractivity contribution in [3.8, 4) is 0 Å². The van der Waals surface area contributed by atoms with Crippen molar-refractivity contribution < 1.29 is 18.3 Å². The second kappa shape index (κ2) is 6.87. The van der Waals surface area contributed by atoms with Gasteiger partial charge < -0.3 is 10.1 Å². The third-order valence-corrected chi connectivity index (χ3v) is 4.67. The number of hydrogen-bond acceptors (Lipinski definition) is 2. The van der Waals surface area contributed by atoms with Crippen LogP contribution in [-0.4, -0.2) is 19.1 Å². The molecule has 3 nitrogen and oxygen atoms in total. The minimum Gasteiger partial charge on any atom is -0.381 e. The topological polar surface area (TPSA) is 38.3 Å². The molecule has 0 atom stereocenters. The van der Waals surface area contributed by atoms with Crippen LogP contribution < -0.4 is 5.32 Å². The number of carbonyl (C=O) groups is 1. The van der Waals surface area contributed by atoms with Gasteiger partial charge in [0, 0.05) is 13.2 Å². The molecule has 1 amide bonds. The number of ether oxygens (including phenoxy) is 1. The summed E-state index contributed by atoms with van der Waals surface area (Å²) in [6, 6.07) is 9.71. The lowest BCUT2D eigenvalue weighted by molar-refractivity contribution is -0.125. The van der Waals surface area contributed by atoms with Crippen LogP contribution in [-0.2, 0) is 14.9 Å². The molecule has 3 rings (SSSR count). The highest BCUT2D eigenvalue weighted by molar-refractivity contribution is 6.33. The van der Waals surface area contributed by atoms with Gasteiger partial charge >= 0.3 is 0 Å². The van der Waals surface area contributed by atoms with Gasteiger partial charge in [-0.2, -0.15) is 0 Å². The van der Waals surface area contributed by atoms with Crippen LogP contribution in [0.2, 0.25) is 5.02 Å². The molecule has 1 aliphatic rings. The summed E-state index contributed by atoms with van der Waals surface area (Å²) in [5.74, 6) is -1.09. The van der Waals surface area contributed by atoms with Gasteiger partial charge in [-0.1, -0.05) is 23.7 Å². The molecule has 1 saturated heterocycles. The fourth-order valence-corrected chi connectivity index (χ4v) is 3.18. The van der Waals surface area contributed by atoms with Crippen LogP contribution in [0.3, 0.4) is 0 Å². The van der Waals surface area contributed by atoms with E-state index in [0.29, 0.717) is 31.7 Å². The Labute approximate surface area is 143 Å². The van der Waals surface area contributed by atoms with Gasteiger partial charge in [0.15, 0.2) is 0 Å².